The molecule has 0 atom stereocenters. The van der Waals surface area contributed by atoms with Crippen molar-refractivity contribution >= 4 is 22.7 Å². The van der Waals surface area contributed by atoms with E-state index in [1.807, 2.05) is 44.1 Å². The Balaban J connectivity index is 2.27. The first-order valence-electron chi connectivity index (χ1n) is 6.69. The van der Waals surface area contributed by atoms with Crippen molar-refractivity contribution in [2.75, 3.05) is 24.7 Å². The summed E-state index contributed by atoms with van der Waals surface area (Å²) >= 11 is 0. The summed E-state index contributed by atoms with van der Waals surface area (Å²) in [7, 11) is 3.97. The molecule has 0 aliphatic carbocycles. The minimum atomic E-state index is -0.302. The van der Waals surface area contributed by atoms with Crippen LogP contribution in [0, 0.1) is 12.7 Å². The third kappa shape index (κ3) is 2.20. The third-order valence-corrected chi connectivity index (χ3v) is 3.58. The number of nitrogen functional groups attached to an aromatic ring is 1. The van der Waals surface area contributed by atoms with Crippen LogP contribution in [0.3, 0.4) is 0 Å². The molecule has 4 nitrogen and oxygen atoms in total. The first-order valence-corrected chi connectivity index (χ1v) is 6.69. The molecular formula is C16H17FN4. The molecule has 5 heteroatoms. The highest BCUT2D eigenvalue weighted by Crippen LogP contribution is 2.27. The summed E-state index contributed by atoms with van der Waals surface area (Å²) in [6, 6.07) is 10.5. The fraction of sp³-hybridized carbons (Fsp3) is 0.188. The molecule has 0 unspecified atom stereocenters. The maximum Gasteiger partial charge on any atom is 0.205 e. The molecule has 0 saturated carbocycles. The molecule has 3 rings (SSSR count). The number of benzene rings is 2. The van der Waals surface area contributed by atoms with Gasteiger partial charge in [-0.2, -0.15) is 0 Å². The van der Waals surface area contributed by atoms with Gasteiger partial charge in [0.25, 0.3) is 0 Å². The Bertz CT molecular complexity index is 821. The van der Waals surface area contributed by atoms with Gasteiger partial charge in [-0.15, -0.1) is 0 Å². The van der Waals surface area contributed by atoms with Gasteiger partial charge in [0, 0.05) is 25.8 Å². The largest absolute Gasteiger partial charge is 0.377 e. The highest BCUT2D eigenvalue weighted by atomic mass is 19.1. The van der Waals surface area contributed by atoms with Gasteiger partial charge in [0.1, 0.15) is 5.82 Å². The van der Waals surface area contributed by atoms with E-state index < -0.39 is 0 Å². The van der Waals surface area contributed by atoms with Gasteiger partial charge in [0.15, 0.2) is 0 Å². The van der Waals surface area contributed by atoms with Crippen LogP contribution in [0.4, 0.5) is 16.0 Å². The maximum atomic E-state index is 13.5. The summed E-state index contributed by atoms with van der Waals surface area (Å²) < 4.78 is 15.3. The standard InChI is InChI=1S/C16H17FN4/c1-10-4-6-12(9-14(10)20(2)3)21-15-8-11(17)5-7-13(15)19-16(21)18/h4-9H,1-3H3,(H2,18,19). The maximum absolute atomic E-state index is 13.5. The Morgan fingerprint density at radius 3 is 2.62 bits per heavy atom. The monoisotopic (exact) mass is 284 g/mol. The summed E-state index contributed by atoms with van der Waals surface area (Å²) in [6.07, 6.45) is 0. The lowest BCUT2D eigenvalue weighted by atomic mass is 10.1. The summed E-state index contributed by atoms with van der Waals surface area (Å²) in [4.78, 5) is 6.32. The zero-order chi connectivity index (χ0) is 15.1. The summed E-state index contributed by atoms with van der Waals surface area (Å²) in [6.45, 7) is 2.05. The van der Waals surface area contributed by atoms with Gasteiger partial charge < -0.3 is 10.6 Å². The molecule has 108 valence electrons. The number of hydrogen-bond donors (Lipinski definition) is 1. The van der Waals surface area contributed by atoms with Crippen LogP contribution in [0.25, 0.3) is 16.7 Å². The minimum Gasteiger partial charge on any atom is -0.377 e. The molecule has 3 aromatic rings. The van der Waals surface area contributed by atoms with Gasteiger partial charge in [-0.3, -0.25) is 4.57 Å². The Kier molecular flexibility index (Phi) is 3.05. The number of nitrogens with two attached hydrogens (primary N) is 1. The van der Waals surface area contributed by atoms with E-state index in [9.17, 15) is 4.39 Å². The van der Waals surface area contributed by atoms with Crippen molar-refractivity contribution in [1.82, 2.24) is 9.55 Å². The Morgan fingerprint density at radius 1 is 1.14 bits per heavy atom. The molecule has 0 amide bonds. The normalized spacial score (nSPS) is 11.0. The lowest BCUT2D eigenvalue weighted by Gasteiger charge is -2.17. The first kappa shape index (κ1) is 13.4. The van der Waals surface area contributed by atoms with Crippen LogP contribution in [0.1, 0.15) is 5.56 Å². The molecule has 0 saturated heterocycles. The number of imidazole rings is 1. The lowest BCUT2D eigenvalue weighted by molar-refractivity contribution is 0.629. The second kappa shape index (κ2) is 4.77. The molecule has 0 aliphatic heterocycles. The van der Waals surface area contributed by atoms with Crippen molar-refractivity contribution < 1.29 is 4.39 Å². The summed E-state index contributed by atoms with van der Waals surface area (Å²) in [5.41, 5.74) is 10.5. The molecular weight excluding hydrogens is 267 g/mol. The van der Waals surface area contributed by atoms with E-state index in [-0.39, 0.29) is 5.82 Å². The number of fused-ring (bicyclic) bond motifs is 1. The second-order valence-corrected chi connectivity index (χ2v) is 5.30. The molecule has 1 heterocycles. The van der Waals surface area contributed by atoms with Crippen molar-refractivity contribution in [2.24, 2.45) is 0 Å². The second-order valence-electron chi connectivity index (χ2n) is 5.30. The van der Waals surface area contributed by atoms with Crippen LogP contribution < -0.4 is 10.6 Å². The van der Waals surface area contributed by atoms with Crippen LogP contribution in [-0.4, -0.2) is 23.6 Å². The van der Waals surface area contributed by atoms with Crippen LogP contribution in [0.2, 0.25) is 0 Å². The highest BCUT2D eigenvalue weighted by molar-refractivity contribution is 5.81. The highest BCUT2D eigenvalue weighted by Gasteiger charge is 2.12. The van der Waals surface area contributed by atoms with Crippen molar-refractivity contribution in [3.05, 3.63) is 47.8 Å². The van der Waals surface area contributed by atoms with Crippen molar-refractivity contribution in [1.29, 1.82) is 0 Å². The van der Waals surface area contributed by atoms with Gasteiger partial charge in [0.2, 0.25) is 5.95 Å². The van der Waals surface area contributed by atoms with E-state index in [0.29, 0.717) is 17.0 Å². The SMILES string of the molecule is Cc1ccc(-n2c(N)nc3ccc(F)cc32)cc1N(C)C. The van der Waals surface area contributed by atoms with Crippen LogP contribution >= 0.6 is 0 Å². The number of hydrogen-bond acceptors (Lipinski definition) is 3. The predicted octanol–water partition coefficient (Wildman–Crippen LogP) is 3.12. The average Bonchev–Trinajstić information content (AvgIpc) is 2.74. The number of aromatic nitrogens is 2. The van der Waals surface area contributed by atoms with Crippen LogP contribution in [0.5, 0.6) is 0 Å². The first-order chi connectivity index (χ1) is 9.97. The average molecular weight is 284 g/mol. The quantitative estimate of drug-likeness (QED) is 0.786. The Labute approximate surface area is 122 Å². The topological polar surface area (TPSA) is 47.1 Å². The van der Waals surface area contributed by atoms with Crippen LogP contribution in [-0.2, 0) is 0 Å². The molecule has 1 aromatic heterocycles. The fourth-order valence-corrected chi connectivity index (χ4v) is 2.56. The van der Waals surface area contributed by atoms with E-state index in [0.717, 1.165) is 16.9 Å². The molecule has 0 aliphatic rings. The smallest absolute Gasteiger partial charge is 0.205 e. The Hall–Kier alpha value is -2.56. The molecule has 2 aromatic carbocycles. The van der Waals surface area contributed by atoms with Gasteiger partial charge in [-0.1, -0.05) is 6.07 Å². The molecule has 21 heavy (non-hydrogen) atoms. The van der Waals surface area contributed by atoms with Gasteiger partial charge >= 0.3 is 0 Å². The van der Waals surface area contributed by atoms with Crippen LogP contribution in [0.15, 0.2) is 36.4 Å². The molecule has 0 radical (unpaired) electrons. The number of aryl methyl sites for hydroxylation is 1. The van der Waals surface area contributed by atoms with Crippen molar-refractivity contribution in [3.8, 4) is 5.69 Å². The van der Waals surface area contributed by atoms with E-state index >= 15 is 0 Å². The molecule has 0 spiro atoms. The third-order valence-electron chi connectivity index (χ3n) is 3.58. The van der Waals surface area contributed by atoms with Crippen molar-refractivity contribution in [2.45, 2.75) is 6.92 Å². The fourth-order valence-electron chi connectivity index (χ4n) is 2.56. The number of anilines is 2. The zero-order valence-electron chi connectivity index (χ0n) is 12.3. The zero-order valence-corrected chi connectivity index (χ0v) is 12.3. The van der Waals surface area contributed by atoms with E-state index in [1.165, 1.54) is 12.1 Å². The predicted molar refractivity (Wildman–Crippen MR) is 84.5 cm³/mol. The summed E-state index contributed by atoms with van der Waals surface area (Å²) in [5, 5.41) is 0. The van der Waals surface area contributed by atoms with Gasteiger partial charge in [0.05, 0.1) is 16.7 Å². The number of nitrogens with zero attached hydrogens (tertiary/aromatic N) is 3. The van der Waals surface area contributed by atoms with Crippen molar-refractivity contribution in [3.63, 3.8) is 0 Å². The minimum absolute atomic E-state index is 0.302. The number of halogens is 1. The Morgan fingerprint density at radius 2 is 1.90 bits per heavy atom. The van der Waals surface area contributed by atoms with Gasteiger partial charge in [-0.25, -0.2) is 9.37 Å². The lowest BCUT2D eigenvalue weighted by Crippen LogP contribution is -2.11. The molecule has 0 bridgehead atoms. The van der Waals surface area contributed by atoms with E-state index in [2.05, 4.69) is 4.98 Å². The van der Waals surface area contributed by atoms with E-state index in [4.69, 9.17) is 5.73 Å². The van der Waals surface area contributed by atoms with Gasteiger partial charge in [-0.05, 0) is 36.8 Å². The molecule has 0 fully saturated rings. The number of rotatable bonds is 2. The van der Waals surface area contributed by atoms with E-state index in [1.54, 1.807) is 10.6 Å². The molecule has 2 N–H and O–H groups in total. The summed E-state index contributed by atoms with van der Waals surface area (Å²) in [5.74, 6) is 0.0488.